The highest BCUT2D eigenvalue weighted by molar-refractivity contribution is 8.68. The van der Waals surface area contributed by atoms with E-state index in [4.69, 9.17) is 20.9 Å². The van der Waals surface area contributed by atoms with Crippen molar-refractivity contribution in [2.45, 2.75) is 19.1 Å². The molecule has 0 aromatic heterocycles. The monoisotopic (exact) mass is 276 g/mol. The van der Waals surface area contributed by atoms with Crippen LogP contribution < -0.4 is 0 Å². The predicted octanol–water partition coefficient (Wildman–Crippen LogP) is 2.39. The van der Waals surface area contributed by atoms with Crippen molar-refractivity contribution in [2.24, 2.45) is 0 Å². The summed E-state index contributed by atoms with van der Waals surface area (Å²) in [5.74, 6) is 1.33. The fourth-order valence-electron chi connectivity index (χ4n) is 0.791. The largest absolute Gasteiger partial charge is 0.616 e. The van der Waals surface area contributed by atoms with Crippen molar-refractivity contribution >= 4 is 40.1 Å². The lowest BCUT2D eigenvalue weighted by molar-refractivity contribution is 0.354. The van der Waals surface area contributed by atoms with E-state index in [0.29, 0.717) is 11.5 Å². The second-order valence-corrected chi connectivity index (χ2v) is 11.3. The third-order valence-electron chi connectivity index (χ3n) is 1.50. The molecule has 0 aliphatic rings. The van der Waals surface area contributed by atoms with Gasteiger partial charge in [0, 0.05) is 14.2 Å². The highest BCUT2D eigenvalue weighted by Crippen LogP contribution is 2.61. The van der Waals surface area contributed by atoms with Crippen LogP contribution in [0.1, 0.15) is 13.8 Å². The van der Waals surface area contributed by atoms with Crippen LogP contribution in [0.3, 0.4) is 0 Å². The molecule has 0 aliphatic carbocycles. The Bertz CT molecular complexity index is 195. The van der Waals surface area contributed by atoms with Crippen LogP contribution in [0.2, 0.25) is 0 Å². The molecule has 0 saturated heterocycles. The molecule has 0 aliphatic heterocycles. The fraction of sp³-hybridized carbons (Fsp3) is 1.00. The van der Waals surface area contributed by atoms with Gasteiger partial charge >= 0.3 is 0 Å². The molecule has 86 valence electrons. The van der Waals surface area contributed by atoms with Crippen LogP contribution in [0.25, 0.3) is 0 Å². The summed E-state index contributed by atoms with van der Waals surface area (Å²) >= 11 is 5.92. The molecule has 0 aromatic carbocycles. The Morgan fingerprint density at radius 2 is 2.00 bits per heavy atom. The van der Waals surface area contributed by atoms with Crippen LogP contribution in [0.5, 0.6) is 0 Å². The molecule has 0 amide bonds. The SMILES string of the molecule is CC[S+]([O-])CC(C)SP(=S)(OC)OC. The van der Waals surface area contributed by atoms with Gasteiger partial charge in [-0.1, -0.05) is 22.6 Å². The maximum atomic E-state index is 11.3. The maximum absolute atomic E-state index is 11.3. The van der Waals surface area contributed by atoms with E-state index in [0.717, 1.165) is 0 Å². The third kappa shape index (κ3) is 5.95. The lowest BCUT2D eigenvalue weighted by Crippen LogP contribution is -2.17. The molecule has 0 aromatic rings. The summed E-state index contributed by atoms with van der Waals surface area (Å²) in [6.45, 7) is 3.91. The van der Waals surface area contributed by atoms with Gasteiger partial charge in [0.2, 0.25) is 5.69 Å². The van der Waals surface area contributed by atoms with E-state index in [-0.39, 0.29) is 5.25 Å². The van der Waals surface area contributed by atoms with Crippen molar-refractivity contribution in [2.75, 3.05) is 25.7 Å². The Labute approximate surface area is 98.4 Å². The van der Waals surface area contributed by atoms with Gasteiger partial charge in [-0.05, 0) is 25.7 Å². The zero-order valence-corrected chi connectivity index (χ0v) is 12.2. The van der Waals surface area contributed by atoms with E-state index in [1.165, 1.54) is 11.4 Å². The summed E-state index contributed by atoms with van der Waals surface area (Å²) in [6.07, 6.45) is 0. The van der Waals surface area contributed by atoms with Crippen molar-refractivity contribution in [1.29, 1.82) is 0 Å². The van der Waals surface area contributed by atoms with E-state index in [1.807, 2.05) is 13.8 Å². The molecule has 2 atom stereocenters. The molecule has 0 radical (unpaired) electrons. The van der Waals surface area contributed by atoms with Crippen molar-refractivity contribution in [3.63, 3.8) is 0 Å². The number of rotatable bonds is 7. The second kappa shape index (κ2) is 7.49. The molecular formula is C7H17O3PS3. The van der Waals surface area contributed by atoms with Gasteiger partial charge in [-0.25, -0.2) is 0 Å². The minimum absolute atomic E-state index is 0.210. The van der Waals surface area contributed by atoms with Gasteiger partial charge in [0.1, 0.15) is 11.5 Å². The van der Waals surface area contributed by atoms with Crippen LogP contribution in [-0.4, -0.2) is 35.5 Å². The highest BCUT2D eigenvalue weighted by Gasteiger charge is 2.23. The molecule has 7 heteroatoms. The van der Waals surface area contributed by atoms with Gasteiger partial charge in [0.25, 0.3) is 0 Å². The average Bonchev–Trinajstić information content (AvgIpc) is 2.17. The van der Waals surface area contributed by atoms with Gasteiger partial charge in [-0.3, -0.25) is 0 Å². The van der Waals surface area contributed by atoms with Crippen molar-refractivity contribution in [3.8, 4) is 0 Å². The molecule has 0 spiro atoms. The molecule has 2 unspecified atom stereocenters. The van der Waals surface area contributed by atoms with Gasteiger partial charge in [-0.15, -0.1) is 0 Å². The Morgan fingerprint density at radius 1 is 1.50 bits per heavy atom. The maximum Gasteiger partial charge on any atom is 0.247 e. The quantitative estimate of drug-likeness (QED) is 0.527. The van der Waals surface area contributed by atoms with Gasteiger partial charge in [0.15, 0.2) is 0 Å². The molecule has 0 saturated carbocycles. The van der Waals surface area contributed by atoms with E-state index >= 15 is 0 Å². The lowest BCUT2D eigenvalue weighted by atomic mass is 10.6. The standard InChI is InChI=1S/C7H17O3PS3/c1-5-14(8)6-7(2)13-11(12,9-3)10-4/h7H,5-6H2,1-4H3. The first-order valence-corrected chi connectivity index (χ1v) is 9.83. The van der Waals surface area contributed by atoms with Crippen LogP contribution in [0.4, 0.5) is 0 Å². The first-order chi connectivity index (χ1) is 6.47. The Morgan fingerprint density at radius 3 is 2.36 bits per heavy atom. The highest BCUT2D eigenvalue weighted by atomic mass is 32.9. The van der Waals surface area contributed by atoms with Gasteiger partial charge in [0.05, 0.1) is 5.25 Å². The Hall–Kier alpha value is 1.23. The van der Waals surface area contributed by atoms with Crippen molar-refractivity contribution in [1.82, 2.24) is 0 Å². The van der Waals surface area contributed by atoms with Crippen LogP contribution in [0, 0.1) is 0 Å². The summed E-state index contributed by atoms with van der Waals surface area (Å²) in [7, 11) is 3.11. The van der Waals surface area contributed by atoms with E-state index < -0.39 is 16.9 Å². The van der Waals surface area contributed by atoms with Crippen LogP contribution in [0.15, 0.2) is 0 Å². The molecule has 0 heterocycles. The molecule has 14 heavy (non-hydrogen) atoms. The van der Waals surface area contributed by atoms with Gasteiger partial charge in [-0.2, -0.15) is 0 Å². The molecule has 0 rings (SSSR count). The second-order valence-electron chi connectivity index (χ2n) is 2.62. The summed E-state index contributed by atoms with van der Waals surface area (Å²) in [6, 6.07) is 0. The Kier molecular flexibility index (Phi) is 8.15. The molecular weight excluding hydrogens is 259 g/mol. The summed E-state index contributed by atoms with van der Waals surface area (Å²) in [4.78, 5) is 0. The topological polar surface area (TPSA) is 41.5 Å². The number of hydrogen-bond donors (Lipinski definition) is 0. The summed E-state index contributed by atoms with van der Waals surface area (Å²) < 4.78 is 21.6. The van der Waals surface area contributed by atoms with Gasteiger partial charge < -0.3 is 13.6 Å². The van der Waals surface area contributed by atoms with Crippen LogP contribution in [-0.2, 0) is 32.0 Å². The summed E-state index contributed by atoms with van der Waals surface area (Å²) in [5.41, 5.74) is -2.19. The smallest absolute Gasteiger partial charge is 0.247 e. The first-order valence-electron chi connectivity index (χ1n) is 4.22. The van der Waals surface area contributed by atoms with E-state index in [9.17, 15) is 4.55 Å². The minimum Gasteiger partial charge on any atom is -0.616 e. The zero-order chi connectivity index (χ0) is 11.2. The molecule has 0 bridgehead atoms. The molecule has 0 N–H and O–H groups in total. The van der Waals surface area contributed by atoms with Crippen molar-refractivity contribution < 1.29 is 13.6 Å². The zero-order valence-electron chi connectivity index (χ0n) is 8.89. The van der Waals surface area contributed by atoms with E-state index in [2.05, 4.69) is 0 Å². The minimum atomic E-state index is -2.19. The predicted molar refractivity (Wildman–Crippen MR) is 68.9 cm³/mol. The summed E-state index contributed by atoms with van der Waals surface area (Å²) in [5, 5.41) is 0.210. The van der Waals surface area contributed by atoms with E-state index in [1.54, 1.807) is 14.2 Å². The Balaban J connectivity index is 4.03. The number of hydrogen-bond acceptors (Lipinski definition) is 5. The average molecular weight is 276 g/mol. The van der Waals surface area contributed by atoms with Crippen LogP contribution >= 0.6 is 17.1 Å². The molecule has 3 nitrogen and oxygen atoms in total. The third-order valence-corrected chi connectivity index (χ3v) is 9.32. The normalized spacial score (nSPS) is 16.6. The fourth-order valence-corrected chi connectivity index (χ4v) is 6.72. The first kappa shape index (κ1) is 15.2. The van der Waals surface area contributed by atoms with Crippen molar-refractivity contribution in [3.05, 3.63) is 0 Å². The molecule has 0 fully saturated rings. The lowest BCUT2D eigenvalue weighted by Gasteiger charge is -2.21.